The van der Waals surface area contributed by atoms with E-state index < -0.39 is 0 Å². The van der Waals surface area contributed by atoms with E-state index in [-0.39, 0.29) is 24.5 Å². The van der Waals surface area contributed by atoms with Gasteiger partial charge in [-0.25, -0.2) is 0 Å². The van der Waals surface area contributed by atoms with E-state index in [0.29, 0.717) is 19.6 Å². The number of aryl methyl sites for hydroxylation is 1. The number of ether oxygens (including phenoxy) is 4. The first-order chi connectivity index (χ1) is 14.6. The van der Waals surface area contributed by atoms with E-state index in [1.165, 1.54) is 12.5 Å². The molecule has 1 saturated heterocycles. The topological polar surface area (TPSA) is 66.9 Å². The van der Waals surface area contributed by atoms with Crippen molar-refractivity contribution in [2.45, 2.75) is 71.1 Å². The zero-order valence-electron chi connectivity index (χ0n) is 17.8. The third-order valence-electron chi connectivity index (χ3n) is 4.97. The molecule has 1 fully saturated rings. The van der Waals surface area contributed by atoms with Crippen molar-refractivity contribution in [1.29, 1.82) is 0 Å². The summed E-state index contributed by atoms with van der Waals surface area (Å²) < 4.78 is 22.7. The standard InChI is InChI=1S/C24H31NO5/c1-18-15-23(30-19(2)26)16-24(29-18)27-14-6-4-7-20-9-11-22(12-10-20)28-17-21-8-3-5-13-25-21/h3,5,8-13,18,23-24H,4,6-7,14-17H2,1-2H3. The fourth-order valence-corrected chi connectivity index (χ4v) is 3.53. The quantitative estimate of drug-likeness (QED) is 0.423. The molecule has 1 aromatic carbocycles. The van der Waals surface area contributed by atoms with E-state index in [1.54, 1.807) is 6.20 Å². The Morgan fingerprint density at radius 3 is 2.70 bits per heavy atom. The van der Waals surface area contributed by atoms with Crippen molar-refractivity contribution in [3.63, 3.8) is 0 Å². The van der Waals surface area contributed by atoms with Crippen LogP contribution in [0.2, 0.25) is 0 Å². The number of benzene rings is 1. The Bertz CT molecular complexity index is 765. The molecule has 0 bridgehead atoms. The normalized spacial score (nSPS) is 21.2. The van der Waals surface area contributed by atoms with Crippen molar-refractivity contribution in [2.24, 2.45) is 0 Å². The second-order valence-corrected chi connectivity index (χ2v) is 7.66. The molecule has 6 heteroatoms. The average Bonchev–Trinajstić information content (AvgIpc) is 2.73. The largest absolute Gasteiger partial charge is 0.487 e. The molecule has 0 aliphatic carbocycles. The SMILES string of the molecule is CC(=O)OC1CC(C)OC(OCCCCc2ccc(OCc3ccccn3)cc2)C1. The van der Waals surface area contributed by atoms with Gasteiger partial charge in [-0.15, -0.1) is 0 Å². The van der Waals surface area contributed by atoms with Gasteiger partial charge in [0, 0.05) is 32.6 Å². The molecular formula is C24H31NO5. The van der Waals surface area contributed by atoms with Gasteiger partial charge >= 0.3 is 5.97 Å². The van der Waals surface area contributed by atoms with E-state index in [1.807, 2.05) is 37.3 Å². The second kappa shape index (κ2) is 11.7. The van der Waals surface area contributed by atoms with Crippen LogP contribution in [0.5, 0.6) is 5.75 Å². The Hall–Kier alpha value is -2.44. The molecule has 30 heavy (non-hydrogen) atoms. The van der Waals surface area contributed by atoms with E-state index in [4.69, 9.17) is 18.9 Å². The lowest BCUT2D eigenvalue weighted by Crippen LogP contribution is -2.38. The third-order valence-corrected chi connectivity index (χ3v) is 4.97. The van der Waals surface area contributed by atoms with Crippen LogP contribution in [0.4, 0.5) is 0 Å². The number of unbranched alkanes of at least 4 members (excludes halogenated alkanes) is 1. The van der Waals surface area contributed by atoms with Gasteiger partial charge in [-0.3, -0.25) is 9.78 Å². The lowest BCUT2D eigenvalue weighted by molar-refractivity contribution is -0.217. The van der Waals surface area contributed by atoms with Gasteiger partial charge in [0.25, 0.3) is 0 Å². The van der Waals surface area contributed by atoms with Gasteiger partial charge in [-0.05, 0) is 56.0 Å². The molecule has 1 aliphatic rings. The molecule has 1 aromatic heterocycles. The molecule has 2 heterocycles. The predicted octanol–water partition coefficient (Wildman–Crippen LogP) is 4.46. The molecule has 3 atom stereocenters. The number of carbonyl (C=O) groups is 1. The molecule has 3 rings (SSSR count). The summed E-state index contributed by atoms with van der Waals surface area (Å²) in [7, 11) is 0. The summed E-state index contributed by atoms with van der Waals surface area (Å²) in [5.41, 5.74) is 2.19. The molecule has 1 aliphatic heterocycles. The van der Waals surface area contributed by atoms with Crippen LogP contribution in [0, 0.1) is 0 Å². The van der Waals surface area contributed by atoms with Crippen molar-refractivity contribution in [3.05, 3.63) is 59.9 Å². The van der Waals surface area contributed by atoms with Crippen molar-refractivity contribution < 1.29 is 23.7 Å². The van der Waals surface area contributed by atoms with Crippen molar-refractivity contribution in [2.75, 3.05) is 6.61 Å². The highest BCUT2D eigenvalue weighted by Gasteiger charge is 2.29. The van der Waals surface area contributed by atoms with Gasteiger partial charge in [0.1, 0.15) is 18.5 Å². The number of esters is 1. The smallest absolute Gasteiger partial charge is 0.302 e. The zero-order chi connectivity index (χ0) is 21.2. The summed E-state index contributed by atoms with van der Waals surface area (Å²) in [6.45, 7) is 4.53. The summed E-state index contributed by atoms with van der Waals surface area (Å²) in [4.78, 5) is 15.4. The lowest BCUT2D eigenvalue weighted by atomic mass is 10.1. The Morgan fingerprint density at radius 1 is 1.13 bits per heavy atom. The maximum absolute atomic E-state index is 11.2. The molecule has 0 N–H and O–H groups in total. The van der Waals surface area contributed by atoms with Gasteiger partial charge in [0.2, 0.25) is 0 Å². The lowest BCUT2D eigenvalue weighted by Gasteiger charge is -2.33. The summed E-state index contributed by atoms with van der Waals surface area (Å²) >= 11 is 0. The fourth-order valence-electron chi connectivity index (χ4n) is 3.53. The number of nitrogens with zero attached hydrogens (tertiary/aromatic N) is 1. The van der Waals surface area contributed by atoms with Crippen molar-refractivity contribution in [1.82, 2.24) is 4.98 Å². The van der Waals surface area contributed by atoms with E-state index in [0.717, 1.165) is 37.1 Å². The summed E-state index contributed by atoms with van der Waals surface area (Å²) in [5, 5.41) is 0. The Kier molecular flexibility index (Phi) is 8.66. The highest BCUT2D eigenvalue weighted by atomic mass is 16.7. The molecule has 2 aromatic rings. The number of hydrogen-bond acceptors (Lipinski definition) is 6. The van der Waals surface area contributed by atoms with E-state index in [9.17, 15) is 4.79 Å². The van der Waals surface area contributed by atoms with E-state index >= 15 is 0 Å². The molecule has 0 saturated carbocycles. The summed E-state index contributed by atoms with van der Waals surface area (Å²) in [6.07, 6.45) is 5.68. The highest BCUT2D eigenvalue weighted by molar-refractivity contribution is 5.66. The van der Waals surface area contributed by atoms with Crippen LogP contribution in [-0.2, 0) is 32.0 Å². The first-order valence-electron chi connectivity index (χ1n) is 10.6. The first kappa shape index (κ1) is 22.2. The highest BCUT2D eigenvalue weighted by Crippen LogP contribution is 2.23. The molecule has 0 spiro atoms. The van der Waals surface area contributed by atoms with Crippen LogP contribution in [0.1, 0.15) is 50.8 Å². The number of carbonyl (C=O) groups excluding carboxylic acids is 1. The minimum Gasteiger partial charge on any atom is -0.487 e. The van der Waals surface area contributed by atoms with Crippen LogP contribution in [-0.4, -0.2) is 36.1 Å². The van der Waals surface area contributed by atoms with Crippen molar-refractivity contribution in [3.8, 4) is 5.75 Å². The van der Waals surface area contributed by atoms with Gasteiger partial charge in [0.05, 0.1) is 11.8 Å². The maximum atomic E-state index is 11.2. The second-order valence-electron chi connectivity index (χ2n) is 7.66. The minimum absolute atomic E-state index is 0.0338. The number of aromatic nitrogens is 1. The van der Waals surface area contributed by atoms with Crippen LogP contribution in [0.15, 0.2) is 48.7 Å². The van der Waals surface area contributed by atoms with Gasteiger partial charge in [-0.2, -0.15) is 0 Å². The average molecular weight is 414 g/mol. The fraction of sp³-hybridized carbons (Fsp3) is 0.500. The molecule has 0 radical (unpaired) electrons. The maximum Gasteiger partial charge on any atom is 0.302 e. The van der Waals surface area contributed by atoms with Crippen LogP contribution >= 0.6 is 0 Å². The van der Waals surface area contributed by atoms with Gasteiger partial charge in [0.15, 0.2) is 6.29 Å². The van der Waals surface area contributed by atoms with Gasteiger partial charge < -0.3 is 18.9 Å². The summed E-state index contributed by atoms with van der Waals surface area (Å²) in [6, 6.07) is 14.0. The molecule has 162 valence electrons. The summed E-state index contributed by atoms with van der Waals surface area (Å²) in [5.74, 6) is 0.597. The molecule has 3 unspecified atom stereocenters. The zero-order valence-corrected chi connectivity index (χ0v) is 17.8. The van der Waals surface area contributed by atoms with Crippen molar-refractivity contribution >= 4 is 5.97 Å². The number of rotatable bonds is 10. The Balaban J connectivity index is 1.31. The molecular weight excluding hydrogens is 382 g/mol. The molecule has 6 nitrogen and oxygen atoms in total. The number of pyridine rings is 1. The van der Waals surface area contributed by atoms with Crippen LogP contribution < -0.4 is 4.74 Å². The van der Waals surface area contributed by atoms with Crippen LogP contribution in [0.25, 0.3) is 0 Å². The van der Waals surface area contributed by atoms with Gasteiger partial charge in [-0.1, -0.05) is 18.2 Å². The first-order valence-corrected chi connectivity index (χ1v) is 10.6. The monoisotopic (exact) mass is 413 g/mol. The van der Waals surface area contributed by atoms with Crippen LogP contribution in [0.3, 0.4) is 0 Å². The molecule has 0 amide bonds. The Morgan fingerprint density at radius 2 is 1.97 bits per heavy atom. The third kappa shape index (κ3) is 7.76. The Labute approximate surface area is 178 Å². The van der Waals surface area contributed by atoms with E-state index in [2.05, 4.69) is 17.1 Å². The number of hydrogen-bond donors (Lipinski definition) is 0. The predicted molar refractivity (Wildman–Crippen MR) is 113 cm³/mol. The minimum atomic E-state index is -0.298.